The number of halogens is 1. The van der Waals surface area contributed by atoms with Crippen molar-refractivity contribution in [2.24, 2.45) is 5.92 Å². The summed E-state index contributed by atoms with van der Waals surface area (Å²) in [4.78, 5) is 16.6. The van der Waals surface area contributed by atoms with E-state index in [4.69, 9.17) is 9.57 Å². The summed E-state index contributed by atoms with van der Waals surface area (Å²) in [7, 11) is 0. The summed E-state index contributed by atoms with van der Waals surface area (Å²) in [6.45, 7) is 6.15. The van der Waals surface area contributed by atoms with Gasteiger partial charge in [0.2, 0.25) is 0 Å². The highest BCUT2D eigenvalue weighted by Gasteiger charge is 2.14. The Hall–Kier alpha value is -1.62. The first kappa shape index (κ1) is 14.4. The van der Waals surface area contributed by atoms with Crippen molar-refractivity contribution in [1.29, 1.82) is 0 Å². The van der Waals surface area contributed by atoms with E-state index in [1.807, 2.05) is 13.8 Å². The lowest BCUT2D eigenvalue weighted by atomic mass is 10.2. The Labute approximate surface area is 106 Å². The molecular weight excluding hydrogens is 237 g/mol. The minimum Gasteiger partial charge on any atom is -0.379 e. The van der Waals surface area contributed by atoms with Crippen LogP contribution in [0.4, 0.5) is 4.39 Å². The van der Waals surface area contributed by atoms with Gasteiger partial charge in [-0.2, -0.15) is 5.48 Å². The Balaban J connectivity index is 2.34. The molecule has 0 spiro atoms. The summed E-state index contributed by atoms with van der Waals surface area (Å²) >= 11 is 0. The molecule has 0 aliphatic heterocycles. The quantitative estimate of drug-likeness (QED) is 0.793. The van der Waals surface area contributed by atoms with Crippen molar-refractivity contribution in [3.05, 3.63) is 30.1 Å². The lowest BCUT2D eigenvalue weighted by Gasteiger charge is -2.14. The summed E-state index contributed by atoms with van der Waals surface area (Å²) in [6, 6.07) is 5.35. The fraction of sp³-hybridized carbons (Fsp3) is 0.462. The number of nitrogens with one attached hydrogen (secondary N) is 1. The molecule has 100 valence electrons. The second-order valence-corrected chi connectivity index (χ2v) is 4.39. The summed E-state index contributed by atoms with van der Waals surface area (Å²) < 4.78 is 17.9. The molecular formula is C13H18FNO3. The van der Waals surface area contributed by atoms with E-state index in [2.05, 4.69) is 5.48 Å². The molecule has 0 fully saturated rings. The highest BCUT2D eigenvalue weighted by atomic mass is 19.1. The van der Waals surface area contributed by atoms with Gasteiger partial charge in [0, 0.05) is 6.61 Å². The van der Waals surface area contributed by atoms with Crippen molar-refractivity contribution in [1.82, 2.24) is 5.48 Å². The topological polar surface area (TPSA) is 47.6 Å². The van der Waals surface area contributed by atoms with Crippen molar-refractivity contribution in [3.63, 3.8) is 0 Å². The molecule has 4 nitrogen and oxygen atoms in total. The van der Waals surface area contributed by atoms with Crippen LogP contribution < -0.4 is 10.3 Å². The molecule has 0 bridgehead atoms. The van der Waals surface area contributed by atoms with E-state index >= 15 is 0 Å². The third-order valence-electron chi connectivity index (χ3n) is 2.13. The maximum Gasteiger partial charge on any atom is 0.281 e. The monoisotopic (exact) mass is 255 g/mol. The highest BCUT2D eigenvalue weighted by Crippen LogP contribution is 2.09. The second-order valence-electron chi connectivity index (χ2n) is 4.39. The number of hydrogen-bond donors (Lipinski definition) is 1. The molecule has 1 amide bonds. The summed E-state index contributed by atoms with van der Waals surface area (Å²) in [5.74, 6) is -0.0126. The zero-order chi connectivity index (χ0) is 13.5. The first-order valence-electron chi connectivity index (χ1n) is 5.83. The Morgan fingerprint density at radius 3 is 2.44 bits per heavy atom. The number of ether oxygens (including phenoxy) is 1. The molecule has 0 aliphatic carbocycles. The molecule has 0 radical (unpaired) electrons. The van der Waals surface area contributed by atoms with Gasteiger partial charge >= 0.3 is 0 Å². The molecule has 0 saturated carbocycles. The average molecular weight is 255 g/mol. The maximum absolute atomic E-state index is 12.6. The van der Waals surface area contributed by atoms with Gasteiger partial charge in [-0.1, -0.05) is 13.8 Å². The smallest absolute Gasteiger partial charge is 0.281 e. The largest absolute Gasteiger partial charge is 0.379 e. The van der Waals surface area contributed by atoms with Crippen LogP contribution in [0.5, 0.6) is 5.75 Å². The van der Waals surface area contributed by atoms with Gasteiger partial charge in [0.15, 0.2) is 5.75 Å². The van der Waals surface area contributed by atoms with Gasteiger partial charge in [0.05, 0.1) is 0 Å². The van der Waals surface area contributed by atoms with Gasteiger partial charge in [-0.15, -0.1) is 0 Å². The van der Waals surface area contributed by atoms with Crippen molar-refractivity contribution >= 4 is 5.91 Å². The Morgan fingerprint density at radius 1 is 1.28 bits per heavy atom. The molecule has 0 aromatic heterocycles. The van der Waals surface area contributed by atoms with Crippen LogP contribution in [0.25, 0.3) is 0 Å². The van der Waals surface area contributed by atoms with E-state index in [0.29, 0.717) is 18.3 Å². The van der Waals surface area contributed by atoms with Crippen LogP contribution in [-0.2, 0) is 9.53 Å². The molecule has 1 N–H and O–H groups in total. The predicted octanol–water partition coefficient (Wildman–Crippen LogP) is 2.30. The van der Waals surface area contributed by atoms with Crippen LogP contribution in [0.15, 0.2) is 24.3 Å². The van der Waals surface area contributed by atoms with Gasteiger partial charge in [-0.3, -0.25) is 4.79 Å². The summed E-state index contributed by atoms with van der Waals surface area (Å²) in [5.41, 5.74) is 2.26. The number of amides is 1. The molecule has 1 rings (SSSR count). The minimum absolute atomic E-state index is 0.359. The third-order valence-corrected chi connectivity index (χ3v) is 2.13. The van der Waals surface area contributed by atoms with Crippen LogP contribution in [0.2, 0.25) is 0 Å². The van der Waals surface area contributed by atoms with E-state index < -0.39 is 6.10 Å². The van der Waals surface area contributed by atoms with E-state index in [0.717, 1.165) is 0 Å². The number of benzene rings is 1. The number of carbonyl (C=O) groups is 1. The van der Waals surface area contributed by atoms with E-state index in [1.165, 1.54) is 24.3 Å². The molecule has 1 aromatic rings. The van der Waals surface area contributed by atoms with Crippen molar-refractivity contribution in [3.8, 4) is 5.75 Å². The van der Waals surface area contributed by atoms with Crippen LogP contribution in [0, 0.1) is 11.7 Å². The van der Waals surface area contributed by atoms with Crippen molar-refractivity contribution < 1.29 is 18.8 Å². The maximum atomic E-state index is 12.6. The molecule has 0 saturated heterocycles. The SMILES string of the molecule is CC(C)COC(C)C(=O)NOc1ccc(F)cc1. The van der Waals surface area contributed by atoms with Gasteiger partial charge in [-0.05, 0) is 37.1 Å². The number of carbonyl (C=O) groups excluding carboxylic acids is 1. The van der Waals surface area contributed by atoms with Crippen LogP contribution in [-0.4, -0.2) is 18.6 Å². The first-order chi connectivity index (χ1) is 8.49. The fourth-order valence-corrected chi connectivity index (χ4v) is 1.11. The fourth-order valence-electron chi connectivity index (χ4n) is 1.11. The second kappa shape index (κ2) is 6.96. The Kier molecular flexibility index (Phi) is 5.58. The van der Waals surface area contributed by atoms with Crippen molar-refractivity contribution in [2.75, 3.05) is 6.61 Å². The van der Waals surface area contributed by atoms with Crippen LogP contribution in [0.3, 0.4) is 0 Å². The minimum atomic E-state index is -0.590. The molecule has 5 heteroatoms. The van der Waals surface area contributed by atoms with E-state index in [-0.39, 0.29) is 11.7 Å². The highest BCUT2D eigenvalue weighted by molar-refractivity contribution is 5.79. The number of rotatable bonds is 6. The Bertz CT molecular complexity index is 378. The van der Waals surface area contributed by atoms with Gasteiger partial charge < -0.3 is 9.57 Å². The van der Waals surface area contributed by atoms with Gasteiger partial charge in [-0.25, -0.2) is 4.39 Å². The Morgan fingerprint density at radius 2 is 1.89 bits per heavy atom. The molecule has 0 heterocycles. The van der Waals surface area contributed by atoms with Crippen LogP contribution in [0.1, 0.15) is 20.8 Å². The van der Waals surface area contributed by atoms with Crippen LogP contribution >= 0.6 is 0 Å². The van der Waals surface area contributed by atoms with E-state index in [1.54, 1.807) is 6.92 Å². The number of hydrogen-bond acceptors (Lipinski definition) is 3. The summed E-state index contributed by atoms with van der Waals surface area (Å²) in [5, 5.41) is 0. The molecule has 0 aliphatic rings. The lowest BCUT2D eigenvalue weighted by Crippen LogP contribution is -2.37. The first-order valence-corrected chi connectivity index (χ1v) is 5.83. The van der Waals surface area contributed by atoms with Crippen molar-refractivity contribution in [2.45, 2.75) is 26.9 Å². The third kappa shape index (κ3) is 5.14. The average Bonchev–Trinajstić information content (AvgIpc) is 2.34. The van der Waals surface area contributed by atoms with Gasteiger partial charge in [0.1, 0.15) is 11.9 Å². The molecule has 18 heavy (non-hydrogen) atoms. The van der Waals surface area contributed by atoms with Gasteiger partial charge in [0.25, 0.3) is 5.91 Å². The normalized spacial score (nSPS) is 12.3. The molecule has 1 unspecified atom stereocenters. The lowest BCUT2D eigenvalue weighted by molar-refractivity contribution is -0.139. The zero-order valence-corrected chi connectivity index (χ0v) is 10.8. The predicted molar refractivity (Wildman–Crippen MR) is 65.4 cm³/mol. The molecule has 1 atom stereocenters. The van der Waals surface area contributed by atoms with E-state index in [9.17, 15) is 9.18 Å². The summed E-state index contributed by atoms with van der Waals surface area (Å²) in [6.07, 6.45) is -0.590. The zero-order valence-electron chi connectivity index (χ0n) is 10.8. The standard InChI is InChI=1S/C13H18FNO3/c1-9(2)8-17-10(3)13(16)15-18-12-6-4-11(14)5-7-12/h4-7,9-10H,8H2,1-3H3,(H,15,16). The molecule has 1 aromatic carbocycles. The number of hydroxylamine groups is 1.